The second-order valence-corrected chi connectivity index (χ2v) is 9.36. The Balaban J connectivity index is 1.83. The van der Waals surface area contributed by atoms with Gasteiger partial charge in [0, 0.05) is 19.0 Å². The van der Waals surface area contributed by atoms with Crippen molar-refractivity contribution in [3.05, 3.63) is 71.3 Å². The molecule has 0 aliphatic carbocycles. The van der Waals surface area contributed by atoms with E-state index in [0.717, 1.165) is 17.7 Å². The number of likely N-dealkylation sites (tertiary alicyclic amines) is 1. The largest absolute Gasteiger partial charge is 0.444 e. The molecule has 2 aromatic rings. The Bertz CT molecular complexity index is 969. The Hall–Kier alpha value is -3.03. The Kier molecular flexibility index (Phi) is 7.05. The standard InChI is InChI=1S/C25H29F3N2O3/c1-16(17-8-6-5-7-9-17)29-22(31)21-15-30(23(32)33-24(2,3)4)14-20(21)18-10-12-19(13-11-18)25(26,27)28/h5-13,16,20-21H,14-15H2,1-4H3,(H,29,31)/t16-,20+,21-/m0/s1. The smallest absolute Gasteiger partial charge is 0.416 e. The van der Waals surface area contributed by atoms with Crippen LogP contribution in [0.2, 0.25) is 0 Å². The fourth-order valence-electron chi connectivity index (χ4n) is 3.95. The fraction of sp³-hybridized carbons (Fsp3) is 0.440. The Morgan fingerprint density at radius 2 is 1.61 bits per heavy atom. The molecule has 0 unspecified atom stereocenters. The molecule has 1 aliphatic rings. The molecule has 1 heterocycles. The van der Waals surface area contributed by atoms with Gasteiger partial charge in [0.2, 0.25) is 5.91 Å². The van der Waals surface area contributed by atoms with Crippen molar-refractivity contribution in [2.24, 2.45) is 5.92 Å². The molecular formula is C25H29F3N2O3. The van der Waals surface area contributed by atoms with Crippen molar-refractivity contribution in [1.29, 1.82) is 0 Å². The molecule has 0 radical (unpaired) electrons. The number of amides is 2. The molecule has 0 spiro atoms. The van der Waals surface area contributed by atoms with Gasteiger partial charge in [-0.25, -0.2) is 4.79 Å². The minimum Gasteiger partial charge on any atom is -0.444 e. The quantitative estimate of drug-likeness (QED) is 0.650. The van der Waals surface area contributed by atoms with E-state index in [1.165, 1.54) is 17.0 Å². The lowest BCUT2D eigenvalue weighted by Crippen LogP contribution is -2.38. The number of alkyl halides is 3. The molecule has 33 heavy (non-hydrogen) atoms. The van der Waals surface area contributed by atoms with Crippen molar-refractivity contribution in [2.75, 3.05) is 13.1 Å². The van der Waals surface area contributed by atoms with Crippen LogP contribution in [0, 0.1) is 5.92 Å². The molecule has 1 fully saturated rings. The molecule has 5 nitrogen and oxygen atoms in total. The maximum Gasteiger partial charge on any atom is 0.416 e. The third-order valence-electron chi connectivity index (χ3n) is 5.63. The predicted octanol–water partition coefficient (Wildman–Crippen LogP) is 5.53. The number of carbonyl (C=O) groups is 2. The molecule has 0 bridgehead atoms. The molecule has 178 valence electrons. The zero-order valence-corrected chi connectivity index (χ0v) is 19.1. The van der Waals surface area contributed by atoms with E-state index < -0.39 is 35.3 Å². The van der Waals surface area contributed by atoms with Gasteiger partial charge in [0.15, 0.2) is 0 Å². The average Bonchev–Trinajstić information content (AvgIpc) is 3.18. The summed E-state index contributed by atoms with van der Waals surface area (Å²) in [5.41, 5.74) is 0.0378. The highest BCUT2D eigenvalue weighted by Crippen LogP contribution is 2.36. The van der Waals surface area contributed by atoms with E-state index in [0.29, 0.717) is 5.56 Å². The Labute approximate surface area is 191 Å². The van der Waals surface area contributed by atoms with E-state index in [4.69, 9.17) is 4.74 Å². The highest BCUT2D eigenvalue weighted by atomic mass is 19.4. The predicted molar refractivity (Wildman–Crippen MR) is 118 cm³/mol. The third-order valence-corrected chi connectivity index (χ3v) is 5.63. The molecule has 3 atom stereocenters. The van der Waals surface area contributed by atoms with Gasteiger partial charge in [-0.05, 0) is 51.0 Å². The SMILES string of the molecule is C[C@H](NC(=O)[C@H]1CN(C(=O)OC(C)(C)C)C[C@@H]1c1ccc(C(F)(F)F)cc1)c1ccccc1. The van der Waals surface area contributed by atoms with Crippen LogP contribution in [0.25, 0.3) is 0 Å². The lowest BCUT2D eigenvalue weighted by atomic mass is 9.87. The summed E-state index contributed by atoms with van der Waals surface area (Å²) < 4.78 is 44.4. The van der Waals surface area contributed by atoms with Gasteiger partial charge < -0.3 is 15.0 Å². The first-order valence-electron chi connectivity index (χ1n) is 10.9. The Morgan fingerprint density at radius 3 is 2.15 bits per heavy atom. The van der Waals surface area contributed by atoms with Crippen LogP contribution < -0.4 is 5.32 Å². The maximum absolute atomic E-state index is 13.2. The third kappa shape index (κ3) is 6.27. The van der Waals surface area contributed by atoms with Crippen LogP contribution in [0.15, 0.2) is 54.6 Å². The summed E-state index contributed by atoms with van der Waals surface area (Å²) in [7, 11) is 0. The zero-order valence-electron chi connectivity index (χ0n) is 19.1. The van der Waals surface area contributed by atoms with Crippen molar-refractivity contribution in [3.63, 3.8) is 0 Å². The summed E-state index contributed by atoms with van der Waals surface area (Å²) in [4.78, 5) is 27.3. The first-order valence-corrected chi connectivity index (χ1v) is 10.9. The van der Waals surface area contributed by atoms with Crippen LogP contribution in [0.4, 0.5) is 18.0 Å². The number of carbonyl (C=O) groups excluding carboxylic acids is 2. The van der Waals surface area contributed by atoms with Crippen molar-refractivity contribution in [2.45, 2.75) is 51.4 Å². The van der Waals surface area contributed by atoms with Gasteiger partial charge >= 0.3 is 12.3 Å². The monoisotopic (exact) mass is 462 g/mol. The number of rotatable bonds is 4. The van der Waals surface area contributed by atoms with Crippen LogP contribution in [0.3, 0.4) is 0 Å². The molecule has 1 aliphatic heterocycles. The van der Waals surface area contributed by atoms with Crippen molar-refractivity contribution in [3.8, 4) is 0 Å². The molecule has 0 aromatic heterocycles. The normalized spacial score (nSPS) is 19.8. The number of nitrogens with zero attached hydrogens (tertiary/aromatic N) is 1. The van der Waals surface area contributed by atoms with Crippen LogP contribution >= 0.6 is 0 Å². The lowest BCUT2D eigenvalue weighted by Gasteiger charge is -2.24. The number of hydrogen-bond donors (Lipinski definition) is 1. The van der Waals surface area contributed by atoms with Gasteiger partial charge in [-0.15, -0.1) is 0 Å². The summed E-state index contributed by atoms with van der Waals surface area (Å²) in [6, 6.07) is 14.0. The number of hydrogen-bond acceptors (Lipinski definition) is 3. The molecule has 0 saturated carbocycles. The van der Waals surface area contributed by atoms with Gasteiger partial charge in [0.25, 0.3) is 0 Å². The molecule has 2 amide bonds. The molecule has 2 aromatic carbocycles. The number of nitrogens with one attached hydrogen (secondary N) is 1. The first-order chi connectivity index (χ1) is 15.3. The van der Waals surface area contributed by atoms with E-state index in [-0.39, 0.29) is 25.0 Å². The second-order valence-electron chi connectivity index (χ2n) is 9.36. The summed E-state index contributed by atoms with van der Waals surface area (Å²) in [6.45, 7) is 7.41. The molecule has 3 rings (SSSR count). The Morgan fingerprint density at radius 1 is 1.00 bits per heavy atom. The molecule has 1 saturated heterocycles. The summed E-state index contributed by atoms with van der Waals surface area (Å²) in [5, 5.41) is 2.98. The first kappa shape index (κ1) is 24.6. The highest BCUT2D eigenvalue weighted by molar-refractivity contribution is 5.82. The molecule has 1 N–H and O–H groups in total. The maximum atomic E-state index is 13.2. The van der Waals surface area contributed by atoms with Crippen LogP contribution in [-0.4, -0.2) is 35.6 Å². The second kappa shape index (κ2) is 9.45. The van der Waals surface area contributed by atoms with Gasteiger partial charge in [-0.1, -0.05) is 42.5 Å². The lowest BCUT2D eigenvalue weighted by molar-refractivity contribution is -0.137. The van der Waals surface area contributed by atoms with Gasteiger partial charge in [-0.3, -0.25) is 4.79 Å². The van der Waals surface area contributed by atoms with Crippen LogP contribution in [0.5, 0.6) is 0 Å². The van der Waals surface area contributed by atoms with Crippen molar-refractivity contribution in [1.82, 2.24) is 10.2 Å². The number of halogens is 3. The fourth-order valence-corrected chi connectivity index (χ4v) is 3.95. The molecule has 8 heteroatoms. The van der Waals surface area contributed by atoms with E-state index in [2.05, 4.69) is 5.32 Å². The van der Waals surface area contributed by atoms with Gasteiger partial charge in [-0.2, -0.15) is 13.2 Å². The summed E-state index contributed by atoms with van der Waals surface area (Å²) in [5.74, 6) is -1.34. The van der Waals surface area contributed by atoms with E-state index in [1.807, 2.05) is 37.3 Å². The highest BCUT2D eigenvalue weighted by Gasteiger charge is 2.42. The van der Waals surface area contributed by atoms with Gasteiger partial charge in [0.05, 0.1) is 17.5 Å². The number of benzene rings is 2. The summed E-state index contributed by atoms with van der Waals surface area (Å²) >= 11 is 0. The minimum absolute atomic E-state index is 0.119. The van der Waals surface area contributed by atoms with E-state index in [1.54, 1.807) is 20.8 Å². The topological polar surface area (TPSA) is 58.6 Å². The van der Waals surface area contributed by atoms with Crippen molar-refractivity contribution >= 4 is 12.0 Å². The van der Waals surface area contributed by atoms with Gasteiger partial charge in [0.1, 0.15) is 5.60 Å². The summed E-state index contributed by atoms with van der Waals surface area (Å²) in [6.07, 6.45) is -5.00. The minimum atomic E-state index is -4.45. The van der Waals surface area contributed by atoms with Crippen molar-refractivity contribution < 1.29 is 27.5 Å². The van der Waals surface area contributed by atoms with E-state index in [9.17, 15) is 22.8 Å². The van der Waals surface area contributed by atoms with Crippen LogP contribution in [-0.2, 0) is 15.7 Å². The number of ether oxygens (including phenoxy) is 1. The van der Waals surface area contributed by atoms with E-state index >= 15 is 0 Å². The average molecular weight is 463 g/mol. The van der Waals surface area contributed by atoms with Crippen LogP contribution in [0.1, 0.15) is 56.3 Å². The molecular weight excluding hydrogens is 433 g/mol. The zero-order chi connectivity index (χ0) is 24.4.